The van der Waals surface area contributed by atoms with E-state index in [9.17, 15) is 4.79 Å². The molecule has 2 aromatic carbocycles. The number of carbonyl (C=O) groups is 1. The van der Waals surface area contributed by atoms with E-state index in [1.165, 1.54) is 16.7 Å². The molecule has 0 amide bonds. The SMILES string of the molecule is O=C(O)CCN1Cc2ccccc2[C@@H](c2ccccc2)C1. The molecule has 1 atom stereocenters. The lowest BCUT2D eigenvalue weighted by Gasteiger charge is -2.34. The van der Waals surface area contributed by atoms with Crippen LogP contribution in [0.1, 0.15) is 29.0 Å². The van der Waals surface area contributed by atoms with Crippen LogP contribution < -0.4 is 0 Å². The average molecular weight is 281 g/mol. The van der Waals surface area contributed by atoms with Gasteiger partial charge in [0, 0.05) is 25.6 Å². The predicted molar refractivity (Wildman–Crippen MR) is 82.3 cm³/mol. The number of rotatable bonds is 4. The van der Waals surface area contributed by atoms with Gasteiger partial charge in [0.2, 0.25) is 0 Å². The third-order valence-electron chi connectivity index (χ3n) is 4.11. The molecule has 1 heterocycles. The minimum Gasteiger partial charge on any atom is -0.481 e. The Kier molecular flexibility index (Phi) is 4.02. The highest BCUT2D eigenvalue weighted by atomic mass is 16.4. The summed E-state index contributed by atoms with van der Waals surface area (Å²) in [6, 6.07) is 19.0. The summed E-state index contributed by atoms with van der Waals surface area (Å²) in [7, 11) is 0. The number of benzene rings is 2. The molecule has 0 spiro atoms. The van der Waals surface area contributed by atoms with Crippen LogP contribution in [0.3, 0.4) is 0 Å². The van der Waals surface area contributed by atoms with E-state index in [2.05, 4.69) is 53.4 Å². The molecule has 0 bridgehead atoms. The maximum atomic E-state index is 10.8. The van der Waals surface area contributed by atoms with Gasteiger partial charge in [0.05, 0.1) is 6.42 Å². The van der Waals surface area contributed by atoms with Crippen molar-refractivity contribution in [2.45, 2.75) is 18.9 Å². The van der Waals surface area contributed by atoms with Gasteiger partial charge in [-0.15, -0.1) is 0 Å². The Morgan fingerprint density at radius 2 is 1.81 bits per heavy atom. The lowest BCUT2D eigenvalue weighted by atomic mass is 9.84. The molecule has 108 valence electrons. The first-order valence-electron chi connectivity index (χ1n) is 7.31. The highest BCUT2D eigenvalue weighted by molar-refractivity contribution is 5.66. The normalized spacial score (nSPS) is 18.2. The summed E-state index contributed by atoms with van der Waals surface area (Å²) in [4.78, 5) is 13.1. The Morgan fingerprint density at radius 3 is 2.57 bits per heavy atom. The van der Waals surface area contributed by atoms with Gasteiger partial charge in [0.1, 0.15) is 0 Å². The van der Waals surface area contributed by atoms with Gasteiger partial charge in [0.25, 0.3) is 0 Å². The lowest BCUT2D eigenvalue weighted by molar-refractivity contribution is -0.137. The van der Waals surface area contributed by atoms with Crippen molar-refractivity contribution in [3.05, 3.63) is 71.3 Å². The second-order valence-corrected chi connectivity index (χ2v) is 5.54. The van der Waals surface area contributed by atoms with Crippen molar-refractivity contribution in [2.75, 3.05) is 13.1 Å². The topological polar surface area (TPSA) is 40.5 Å². The van der Waals surface area contributed by atoms with Gasteiger partial charge in [-0.25, -0.2) is 0 Å². The fraction of sp³-hybridized carbons (Fsp3) is 0.278. The van der Waals surface area contributed by atoms with E-state index >= 15 is 0 Å². The van der Waals surface area contributed by atoms with E-state index in [-0.39, 0.29) is 6.42 Å². The first-order chi connectivity index (χ1) is 10.2. The molecule has 3 nitrogen and oxygen atoms in total. The summed E-state index contributed by atoms with van der Waals surface area (Å²) in [5.74, 6) is -0.407. The van der Waals surface area contributed by atoms with Crippen LogP contribution in [0.4, 0.5) is 0 Å². The zero-order valence-electron chi connectivity index (χ0n) is 11.9. The summed E-state index contributed by atoms with van der Waals surface area (Å²) in [5.41, 5.74) is 3.98. The second kappa shape index (κ2) is 6.10. The molecule has 0 fully saturated rings. The van der Waals surface area contributed by atoms with Crippen molar-refractivity contribution < 1.29 is 9.90 Å². The van der Waals surface area contributed by atoms with Gasteiger partial charge >= 0.3 is 5.97 Å². The maximum Gasteiger partial charge on any atom is 0.304 e. The first-order valence-corrected chi connectivity index (χ1v) is 7.31. The third kappa shape index (κ3) is 3.14. The zero-order valence-corrected chi connectivity index (χ0v) is 11.9. The predicted octanol–water partition coefficient (Wildman–Crippen LogP) is 3.11. The Morgan fingerprint density at radius 1 is 1.10 bits per heavy atom. The number of carboxylic acid groups (broad SMARTS) is 1. The molecule has 3 heteroatoms. The molecular formula is C18H19NO2. The molecule has 2 aromatic rings. The van der Waals surface area contributed by atoms with Crippen LogP contribution in [0.25, 0.3) is 0 Å². The van der Waals surface area contributed by atoms with Crippen molar-refractivity contribution in [3.8, 4) is 0 Å². The summed E-state index contributed by atoms with van der Waals surface area (Å²) in [5, 5.41) is 8.90. The molecule has 0 aliphatic carbocycles. The Bertz CT molecular complexity index is 624. The van der Waals surface area contributed by atoms with Gasteiger partial charge in [-0.3, -0.25) is 9.69 Å². The van der Waals surface area contributed by atoms with Gasteiger partial charge in [-0.2, -0.15) is 0 Å². The minimum absolute atomic E-state index is 0.198. The van der Waals surface area contributed by atoms with Gasteiger partial charge < -0.3 is 5.11 Å². The number of nitrogens with zero attached hydrogens (tertiary/aromatic N) is 1. The molecule has 0 aromatic heterocycles. The molecular weight excluding hydrogens is 262 g/mol. The first kappa shape index (κ1) is 13.8. The van der Waals surface area contributed by atoms with Crippen LogP contribution in [0.15, 0.2) is 54.6 Å². The molecule has 1 aliphatic rings. The molecule has 1 N–H and O–H groups in total. The van der Waals surface area contributed by atoms with Crippen molar-refractivity contribution in [2.24, 2.45) is 0 Å². The van der Waals surface area contributed by atoms with Crippen molar-refractivity contribution in [1.82, 2.24) is 4.90 Å². The zero-order chi connectivity index (χ0) is 14.7. The van der Waals surface area contributed by atoms with Gasteiger partial charge in [-0.1, -0.05) is 54.6 Å². The second-order valence-electron chi connectivity index (χ2n) is 5.54. The Balaban J connectivity index is 1.89. The summed E-state index contributed by atoms with van der Waals surface area (Å²) in [6.45, 7) is 2.33. The van der Waals surface area contributed by atoms with E-state index < -0.39 is 5.97 Å². The molecule has 21 heavy (non-hydrogen) atoms. The maximum absolute atomic E-state index is 10.8. The summed E-state index contributed by atoms with van der Waals surface area (Å²) in [6.07, 6.45) is 0.198. The van der Waals surface area contributed by atoms with Crippen molar-refractivity contribution in [1.29, 1.82) is 0 Å². The molecule has 1 aliphatic heterocycles. The van der Waals surface area contributed by atoms with Crippen LogP contribution in [-0.2, 0) is 11.3 Å². The number of fused-ring (bicyclic) bond motifs is 1. The summed E-state index contributed by atoms with van der Waals surface area (Å²) >= 11 is 0. The Hall–Kier alpha value is -2.13. The number of carboxylic acids is 1. The smallest absolute Gasteiger partial charge is 0.304 e. The molecule has 0 unspecified atom stereocenters. The van der Waals surface area contributed by atoms with Crippen LogP contribution in [0, 0.1) is 0 Å². The fourth-order valence-electron chi connectivity index (χ4n) is 3.07. The molecule has 0 radical (unpaired) electrons. The van der Waals surface area contributed by atoms with Crippen LogP contribution in [0.2, 0.25) is 0 Å². The molecule has 0 saturated heterocycles. The van der Waals surface area contributed by atoms with Crippen LogP contribution in [-0.4, -0.2) is 29.1 Å². The quantitative estimate of drug-likeness (QED) is 0.936. The number of hydrogen-bond acceptors (Lipinski definition) is 2. The monoisotopic (exact) mass is 281 g/mol. The standard InChI is InChI=1S/C18H19NO2/c20-18(21)10-11-19-12-15-8-4-5-9-16(15)17(13-19)14-6-2-1-3-7-14/h1-9,17H,10-13H2,(H,20,21)/t17-/m1/s1. The Labute approximate surface area is 124 Å². The van der Waals surface area contributed by atoms with Crippen molar-refractivity contribution >= 4 is 5.97 Å². The fourth-order valence-corrected chi connectivity index (χ4v) is 3.07. The summed E-state index contributed by atoms with van der Waals surface area (Å²) < 4.78 is 0. The van der Waals surface area contributed by atoms with E-state index in [0.29, 0.717) is 12.5 Å². The van der Waals surface area contributed by atoms with Crippen LogP contribution >= 0.6 is 0 Å². The number of aliphatic carboxylic acids is 1. The van der Waals surface area contributed by atoms with Crippen LogP contribution in [0.5, 0.6) is 0 Å². The highest BCUT2D eigenvalue weighted by Crippen LogP contribution is 2.33. The average Bonchev–Trinajstić information content (AvgIpc) is 2.53. The third-order valence-corrected chi connectivity index (χ3v) is 4.11. The highest BCUT2D eigenvalue weighted by Gasteiger charge is 2.26. The van der Waals surface area contributed by atoms with Gasteiger partial charge in [0.15, 0.2) is 0 Å². The molecule has 3 rings (SSSR count). The van der Waals surface area contributed by atoms with E-state index in [0.717, 1.165) is 13.1 Å². The van der Waals surface area contributed by atoms with E-state index in [4.69, 9.17) is 5.11 Å². The number of hydrogen-bond donors (Lipinski definition) is 1. The van der Waals surface area contributed by atoms with E-state index in [1.54, 1.807) is 0 Å². The lowest BCUT2D eigenvalue weighted by Crippen LogP contribution is -2.35. The minimum atomic E-state index is -0.731. The largest absolute Gasteiger partial charge is 0.481 e. The van der Waals surface area contributed by atoms with E-state index in [1.807, 2.05) is 6.07 Å². The van der Waals surface area contributed by atoms with Crippen molar-refractivity contribution in [3.63, 3.8) is 0 Å². The van der Waals surface area contributed by atoms with Gasteiger partial charge in [-0.05, 0) is 16.7 Å². The molecule has 0 saturated carbocycles.